The van der Waals surface area contributed by atoms with Gasteiger partial charge in [-0.3, -0.25) is 10.1 Å². The van der Waals surface area contributed by atoms with Gasteiger partial charge in [-0.25, -0.2) is 14.8 Å². The third-order valence-electron chi connectivity index (χ3n) is 2.60. The third-order valence-corrected chi connectivity index (χ3v) is 3.94. The molecule has 0 saturated carbocycles. The fourth-order valence-electron chi connectivity index (χ4n) is 1.60. The van der Waals surface area contributed by atoms with Crippen molar-refractivity contribution in [2.75, 3.05) is 11.9 Å². The Bertz CT molecular complexity index is 762. The Hall–Kier alpha value is -2.20. The van der Waals surface area contributed by atoms with Crippen molar-refractivity contribution in [2.24, 2.45) is 0 Å². The van der Waals surface area contributed by atoms with Gasteiger partial charge in [-0.1, -0.05) is 22.9 Å². The van der Waals surface area contributed by atoms with Gasteiger partial charge in [-0.05, 0) is 19.1 Å². The molecule has 128 valence electrons. The van der Waals surface area contributed by atoms with E-state index in [2.05, 4.69) is 20.0 Å². The standard InChI is InChI=1S/C13H9ClF3N3O3S/c1-6-10(7-2-3-8(14)18-4-7)24-12(19-6)20-9(21)5-23-11(22)13(15,16)17/h2-4H,5H2,1H3,(H,19,20,21). The van der Waals surface area contributed by atoms with Gasteiger partial charge in [-0.2, -0.15) is 13.2 Å². The Labute approximate surface area is 142 Å². The number of esters is 1. The number of anilines is 1. The molecule has 0 aliphatic heterocycles. The first kappa shape index (κ1) is 18.1. The van der Waals surface area contributed by atoms with Gasteiger partial charge in [0.1, 0.15) is 5.15 Å². The number of carbonyl (C=O) groups excluding carboxylic acids is 2. The van der Waals surface area contributed by atoms with Crippen molar-refractivity contribution >= 4 is 39.9 Å². The number of nitrogens with one attached hydrogen (secondary N) is 1. The van der Waals surface area contributed by atoms with Gasteiger partial charge in [0.15, 0.2) is 11.7 Å². The highest BCUT2D eigenvalue weighted by Crippen LogP contribution is 2.32. The molecule has 1 N–H and O–H groups in total. The Morgan fingerprint density at radius 2 is 2.08 bits per heavy atom. The maximum atomic E-state index is 12.0. The molecule has 11 heteroatoms. The average molecular weight is 380 g/mol. The second-order valence-electron chi connectivity index (χ2n) is 4.43. The molecule has 24 heavy (non-hydrogen) atoms. The zero-order valence-electron chi connectivity index (χ0n) is 12.0. The second-order valence-corrected chi connectivity index (χ2v) is 5.81. The summed E-state index contributed by atoms with van der Waals surface area (Å²) in [5.74, 6) is -3.36. The van der Waals surface area contributed by atoms with Crippen LogP contribution in [0.5, 0.6) is 0 Å². The summed E-state index contributed by atoms with van der Waals surface area (Å²) in [6.45, 7) is 0.634. The lowest BCUT2D eigenvalue weighted by atomic mass is 10.2. The minimum atomic E-state index is -5.15. The summed E-state index contributed by atoms with van der Waals surface area (Å²) in [5, 5.41) is 2.75. The van der Waals surface area contributed by atoms with Crippen LogP contribution in [0.25, 0.3) is 10.4 Å². The highest BCUT2D eigenvalue weighted by molar-refractivity contribution is 7.19. The molecule has 0 aliphatic carbocycles. The lowest BCUT2D eigenvalue weighted by molar-refractivity contribution is -0.199. The number of hydrogen-bond acceptors (Lipinski definition) is 6. The minimum Gasteiger partial charge on any atom is -0.449 e. The van der Waals surface area contributed by atoms with E-state index in [4.69, 9.17) is 11.6 Å². The molecule has 2 heterocycles. The normalized spacial score (nSPS) is 11.2. The fraction of sp³-hybridized carbons (Fsp3) is 0.231. The number of halogens is 4. The van der Waals surface area contributed by atoms with Gasteiger partial charge < -0.3 is 4.74 Å². The number of amides is 1. The van der Waals surface area contributed by atoms with Crippen molar-refractivity contribution in [3.8, 4) is 10.4 Å². The van der Waals surface area contributed by atoms with Crippen LogP contribution >= 0.6 is 22.9 Å². The van der Waals surface area contributed by atoms with Gasteiger partial charge in [0.05, 0.1) is 10.6 Å². The zero-order valence-corrected chi connectivity index (χ0v) is 13.6. The van der Waals surface area contributed by atoms with Crippen molar-refractivity contribution in [1.29, 1.82) is 0 Å². The predicted octanol–water partition coefficient (Wildman–Crippen LogP) is 3.21. The number of aryl methyl sites for hydroxylation is 1. The topological polar surface area (TPSA) is 81.2 Å². The molecule has 6 nitrogen and oxygen atoms in total. The maximum absolute atomic E-state index is 12.0. The molecule has 0 radical (unpaired) electrons. The van der Waals surface area contributed by atoms with E-state index in [1.165, 1.54) is 6.20 Å². The van der Waals surface area contributed by atoms with Gasteiger partial charge in [0, 0.05) is 11.8 Å². The molecular formula is C13H9ClF3N3O3S. The van der Waals surface area contributed by atoms with Gasteiger partial charge in [0.25, 0.3) is 5.91 Å². The highest BCUT2D eigenvalue weighted by atomic mass is 35.5. The molecule has 0 atom stereocenters. The summed E-state index contributed by atoms with van der Waals surface area (Å²) >= 11 is 6.80. The van der Waals surface area contributed by atoms with Crippen molar-refractivity contribution in [1.82, 2.24) is 9.97 Å². The van der Waals surface area contributed by atoms with E-state index >= 15 is 0 Å². The summed E-state index contributed by atoms with van der Waals surface area (Å²) in [7, 11) is 0. The number of rotatable bonds is 4. The average Bonchev–Trinajstić information content (AvgIpc) is 2.85. The summed E-state index contributed by atoms with van der Waals surface area (Å²) in [6.07, 6.45) is -3.62. The van der Waals surface area contributed by atoms with E-state index in [-0.39, 0.29) is 5.13 Å². The number of nitrogens with zero attached hydrogens (tertiary/aromatic N) is 2. The van der Waals surface area contributed by atoms with Crippen LogP contribution in [-0.2, 0) is 14.3 Å². The molecule has 0 aliphatic rings. The summed E-state index contributed by atoms with van der Waals surface area (Å²) < 4.78 is 39.8. The molecule has 0 aromatic carbocycles. The quantitative estimate of drug-likeness (QED) is 0.651. The Balaban J connectivity index is 2.01. The molecule has 0 unspecified atom stereocenters. The first-order valence-corrected chi connectivity index (χ1v) is 7.49. The Morgan fingerprint density at radius 1 is 1.38 bits per heavy atom. The zero-order chi connectivity index (χ0) is 17.9. The lowest BCUT2D eigenvalue weighted by Gasteiger charge is -2.06. The van der Waals surface area contributed by atoms with Crippen LogP contribution in [0.3, 0.4) is 0 Å². The van der Waals surface area contributed by atoms with Crippen LogP contribution in [0.1, 0.15) is 5.69 Å². The van der Waals surface area contributed by atoms with Crippen molar-refractivity contribution in [2.45, 2.75) is 13.1 Å². The van der Waals surface area contributed by atoms with E-state index in [9.17, 15) is 22.8 Å². The van der Waals surface area contributed by atoms with Crippen LogP contribution in [0, 0.1) is 6.92 Å². The minimum absolute atomic E-state index is 0.158. The summed E-state index contributed by atoms with van der Waals surface area (Å²) in [5.41, 5.74) is 1.31. The van der Waals surface area contributed by atoms with Crippen LogP contribution in [0.15, 0.2) is 18.3 Å². The highest BCUT2D eigenvalue weighted by Gasteiger charge is 2.41. The lowest BCUT2D eigenvalue weighted by Crippen LogP contribution is -2.29. The van der Waals surface area contributed by atoms with Crippen LogP contribution in [0.2, 0.25) is 5.15 Å². The predicted molar refractivity (Wildman–Crippen MR) is 80.7 cm³/mol. The smallest absolute Gasteiger partial charge is 0.449 e. The maximum Gasteiger partial charge on any atom is 0.490 e. The molecular weight excluding hydrogens is 371 g/mol. The SMILES string of the molecule is Cc1nc(NC(=O)COC(=O)C(F)(F)F)sc1-c1ccc(Cl)nc1. The molecule has 2 aromatic rings. The molecule has 0 saturated heterocycles. The summed E-state index contributed by atoms with van der Waals surface area (Å²) in [6, 6.07) is 3.30. The third kappa shape index (κ3) is 4.65. The van der Waals surface area contributed by atoms with Gasteiger partial charge in [0.2, 0.25) is 0 Å². The fourth-order valence-corrected chi connectivity index (χ4v) is 2.68. The van der Waals surface area contributed by atoms with Gasteiger partial charge >= 0.3 is 12.1 Å². The van der Waals surface area contributed by atoms with Crippen molar-refractivity contribution in [3.63, 3.8) is 0 Å². The number of pyridine rings is 1. The monoisotopic (exact) mass is 379 g/mol. The van der Waals surface area contributed by atoms with Crippen molar-refractivity contribution < 1.29 is 27.5 Å². The molecule has 1 amide bonds. The number of hydrogen-bond donors (Lipinski definition) is 1. The van der Waals surface area contributed by atoms with E-state index in [1.807, 2.05) is 0 Å². The largest absolute Gasteiger partial charge is 0.490 e. The number of ether oxygens (including phenoxy) is 1. The van der Waals surface area contributed by atoms with E-state index in [0.29, 0.717) is 15.7 Å². The number of carbonyl (C=O) groups is 2. The van der Waals surface area contributed by atoms with E-state index in [1.54, 1.807) is 19.1 Å². The Kier molecular flexibility index (Phi) is 5.40. The first-order chi connectivity index (χ1) is 11.2. The van der Waals surface area contributed by atoms with E-state index < -0.39 is 24.7 Å². The van der Waals surface area contributed by atoms with Crippen LogP contribution in [-0.4, -0.2) is 34.6 Å². The molecule has 0 bridgehead atoms. The van der Waals surface area contributed by atoms with Gasteiger partial charge in [-0.15, -0.1) is 0 Å². The molecule has 0 spiro atoms. The number of alkyl halides is 3. The van der Waals surface area contributed by atoms with Crippen LogP contribution < -0.4 is 5.32 Å². The molecule has 2 rings (SSSR count). The second kappa shape index (κ2) is 7.14. The van der Waals surface area contributed by atoms with Crippen LogP contribution in [0.4, 0.5) is 18.3 Å². The molecule has 2 aromatic heterocycles. The van der Waals surface area contributed by atoms with Crippen molar-refractivity contribution in [3.05, 3.63) is 29.2 Å². The van der Waals surface area contributed by atoms with E-state index in [0.717, 1.165) is 16.9 Å². The number of thiazole rings is 1. The number of aromatic nitrogens is 2. The Morgan fingerprint density at radius 3 is 2.67 bits per heavy atom. The summed E-state index contributed by atoms with van der Waals surface area (Å²) in [4.78, 5) is 30.8. The first-order valence-electron chi connectivity index (χ1n) is 6.30. The molecule has 0 fully saturated rings.